The summed E-state index contributed by atoms with van der Waals surface area (Å²) in [5.41, 5.74) is 4.84. The maximum absolute atomic E-state index is 12.4. The third-order valence-corrected chi connectivity index (χ3v) is 4.53. The van der Waals surface area contributed by atoms with E-state index in [0.29, 0.717) is 11.3 Å². The molecule has 1 heterocycles. The van der Waals surface area contributed by atoms with E-state index in [0.717, 1.165) is 12.8 Å². The summed E-state index contributed by atoms with van der Waals surface area (Å²) in [6.07, 6.45) is 2.14. The Kier molecular flexibility index (Phi) is 5.86. The van der Waals surface area contributed by atoms with Crippen molar-refractivity contribution in [3.8, 4) is 0 Å². The van der Waals surface area contributed by atoms with Gasteiger partial charge in [0.05, 0.1) is 5.69 Å². The summed E-state index contributed by atoms with van der Waals surface area (Å²) in [6.45, 7) is 1.98. The van der Waals surface area contributed by atoms with E-state index in [1.54, 1.807) is 24.3 Å². The standard InChI is InChI=1S/C21H23N3O3/c1-15(7-8-16-5-3-2-4-6-16)22-21(27)17-9-11-18(12-10-17)24-20(26)14-13-19(25)23-24/h2-6,9-12,15H,7-8,13-14H2,1H3,(H,22,27)(H,23,25). The molecule has 1 aliphatic heterocycles. The predicted octanol–water partition coefficient (Wildman–Crippen LogP) is 2.60. The molecule has 1 saturated heterocycles. The number of amides is 3. The monoisotopic (exact) mass is 365 g/mol. The Bertz CT molecular complexity index is 818. The minimum Gasteiger partial charge on any atom is -0.350 e. The molecule has 6 heteroatoms. The van der Waals surface area contributed by atoms with Crippen molar-refractivity contribution in [2.75, 3.05) is 5.01 Å². The summed E-state index contributed by atoms with van der Waals surface area (Å²) in [4.78, 5) is 35.8. The molecule has 27 heavy (non-hydrogen) atoms. The van der Waals surface area contributed by atoms with E-state index in [1.165, 1.54) is 10.6 Å². The zero-order valence-corrected chi connectivity index (χ0v) is 15.3. The zero-order chi connectivity index (χ0) is 19.2. The van der Waals surface area contributed by atoms with E-state index in [1.807, 2.05) is 25.1 Å². The van der Waals surface area contributed by atoms with Crippen LogP contribution in [0.4, 0.5) is 5.69 Å². The van der Waals surface area contributed by atoms with Gasteiger partial charge < -0.3 is 5.32 Å². The molecule has 3 amide bonds. The van der Waals surface area contributed by atoms with E-state index < -0.39 is 0 Å². The highest BCUT2D eigenvalue weighted by atomic mass is 16.2. The average molecular weight is 365 g/mol. The van der Waals surface area contributed by atoms with Crippen molar-refractivity contribution in [2.24, 2.45) is 0 Å². The SMILES string of the molecule is CC(CCc1ccccc1)NC(=O)c1ccc(N2NC(=O)CCC2=O)cc1. The van der Waals surface area contributed by atoms with E-state index in [2.05, 4.69) is 22.9 Å². The van der Waals surface area contributed by atoms with Crippen LogP contribution in [-0.2, 0) is 16.0 Å². The topological polar surface area (TPSA) is 78.5 Å². The molecule has 0 saturated carbocycles. The van der Waals surface area contributed by atoms with Crippen LogP contribution in [0, 0.1) is 0 Å². The minimum atomic E-state index is -0.191. The highest BCUT2D eigenvalue weighted by Crippen LogP contribution is 2.18. The van der Waals surface area contributed by atoms with Crippen LogP contribution in [0.2, 0.25) is 0 Å². The smallest absolute Gasteiger partial charge is 0.251 e. The fraction of sp³-hybridized carbons (Fsp3) is 0.286. The lowest BCUT2D eigenvalue weighted by Gasteiger charge is -2.27. The van der Waals surface area contributed by atoms with Crippen molar-refractivity contribution in [3.63, 3.8) is 0 Å². The van der Waals surface area contributed by atoms with Crippen molar-refractivity contribution in [3.05, 3.63) is 65.7 Å². The van der Waals surface area contributed by atoms with Gasteiger partial charge in [0, 0.05) is 24.4 Å². The van der Waals surface area contributed by atoms with Crippen molar-refractivity contribution < 1.29 is 14.4 Å². The number of benzene rings is 2. The molecule has 2 aromatic rings. The lowest BCUT2D eigenvalue weighted by molar-refractivity contribution is -0.130. The lowest BCUT2D eigenvalue weighted by atomic mass is 10.1. The second-order valence-corrected chi connectivity index (χ2v) is 6.71. The molecule has 0 aliphatic carbocycles. The summed E-state index contributed by atoms with van der Waals surface area (Å²) < 4.78 is 0. The first kappa shape index (κ1) is 18.6. The molecule has 1 atom stereocenters. The van der Waals surface area contributed by atoms with Gasteiger partial charge in [-0.1, -0.05) is 30.3 Å². The lowest BCUT2D eigenvalue weighted by Crippen LogP contribution is -2.50. The number of anilines is 1. The van der Waals surface area contributed by atoms with E-state index in [-0.39, 0.29) is 36.6 Å². The molecule has 3 rings (SSSR count). The molecule has 0 aromatic heterocycles. The maximum atomic E-state index is 12.4. The van der Waals surface area contributed by atoms with Gasteiger partial charge in [-0.25, -0.2) is 5.01 Å². The Labute approximate surface area is 158 Å². The van der Waals surface area contributed by atoms with Crippen LogP contribution in [0.1, 0.15) is 42.1 Å². The van der Waals surface area contributed by atoms with Crippen molar-refractivity contribution >= 4 is 23.4 Å². The zero-order valence-electron chi connectivity index (χ0n) is 15.3. The number of hydrogen-bond donors (Lipinski definition) is 2. The second-order valence-electron chi connectivity index (χ2n) is 6.71. The van der Waals surface area contributed by atoms with Crippen LogP contribution in [0.3, 0.4) is 0 Å². The number of nitrogens with one attached hydrogen (secondary N) is 2. The number of nitrogens with zero attached hydrogens (tertiary/aromatic N) is 1. The first-order chi connectivity index (χ1) is 13.0. The summed E-state index contributed by atoms with van der Waals surface area (Å²) in [5, 5.41) is 4.22. The van der Waals surface area contributed by atoms with E-state index in [4.69, 9.17) is 0 Å². The van der Waals surface area contributed by atoms with Crippen LogP contribution in [-0.4, -0.2) is 23.8 Å². The molecular formula is C21H23N3O3. The molecule has 0 bridgehead atoms. The quantitative estimate of drug-likeness (QED) is 0.826. The molecule has 2 N–H and O–H groups in total. The van der Waals surface area contributed by atoms with E-state index >= 15 is 0 Å². The second kappa shape index (κ2) is 8.49. The van der Waals surface area contributed by atoms with Crippen molar-refractivity contribution in [1.29, 1.82) is 0 Å². The predicted molar refractivity (Wildman–Crippen MR) is 103 cm³/mol. The molecule has 2 aromatic carbocycles. The maximum Gasteiger partial charge on any atom is 0.251 e. The number of carbonyl (C=O) groups excluding carboxylic acids is 3. The highest BCUT2D eigenvalue weighted by Gasteiger charge is 2.24. The van der Waals surface area contributed by atoms with Crippen LogP contribution in [0.5, 0.6) is 0 Å². The Morgan fingerprint density at radius 3 is 2.48 bits per heavy atom. The van der Waals surface area contributed by atoms with E-state index in [9.17, 15) is 14.4 Å². The number of hydrazine groups is 1. The van der Waals surface area contributed by atoms with Gasteiger partial charge in [-0.2, -0.15) is 0 Å². The van der Waals surface area contributed by atoms with Gasteiger partial charge in [0.1, 0.15) is 0 Å². The first-order valence-electron chi connectivity index (χ1n) is 9.10. The first-order valence-corrected chi connectivity index (χ1v) is 9.10. The Hall–Kier alpha value is -3.15. The Balaban J connectivity index is 1.55. The molecule has 1 unspecified atom stereocenters. The van der Waals surface area contributed by atoms with Crippen molar-refractivity contribution in [1.82, 2.24) is 10.7 Å². The van der Waals surface area contributed by atoms with Crippen molar-refractivity contribution in [2.45, 2.75) is 38.6 Å². The molecule has 1 fully saturated rings. The third-order valence-electron chi connectivity index (χ3n) is 4.53. The number of carbonyl (C=O) groups is 3. The molecule has 0 spiro atoms. The van der Waals surface area contributed by atoms with Gasteiger partial charge in [0.15, 0.2) is 0 Å². The van der Waals surface area contributed by atoms with Gasteiger partial charge >= 0.3 is 0 Å². The van der Waals surface area contributed by atoms with Crippen LogP contribution in [0.15, 0.2) is 54.6 Å². The van der Waals surface area contributed by atoms with Crippen LogP contribution in [0.25, 0.3) is 0 Å². The van der Waals surface area contributed by atoms with Gasteiger partial charge in [-0.15, -0.1) is 0 Å². The number of rotatable bonds is 6. The normalized spacial score (nSPS) is 15.2. The summed E-state index contributed by atoms with van der Waals surface area (Å²) in [7, 11) is 0. The Morgan fingerprint density at radius 2 is 1.78 bits per heavy atom. The van der Waals surface area contributed by atoms with Gasteiger partial charge in [0.2, 0.25) is 11.8 Å². The molecule has 1 aliphatic rings. The fourth-order valence-electron chi connectivity index (χ4n) is 2.95. The summed E-state index contributed by atoms with van der Waals surface area (Å²) >= 11 is 0. The largest absolute Gasteiger partial charge is 0.350 e. The summed E-state index contributed by atoms with van der Waals surface area (Å²) in [5.74, 6) is -0.513. The molecular weight excluding hydrogens is 342 g/mol. The molecule has 140 valence electrons. The van der Waals surface area contributed by atoms with Gasteiger partial charge in [0.25, 0.3) is 5.91 Å². The Morgan fingerprint density at radius 1 is 1.07 bits per heavy atom. The summed E-state index contributed by atoms with van der Waals surface area (Å²) in [6, 6.07) is 16.8. The third kappa shape index (κ3) is 4.94. The minimum absolute atomic E-state index is 0.0420. The highest BCUT2D eigenvalue weighted by molar-refractivity contribution is 6.01. The average Bonchev–Trinajstić information content (AvgIpc) is 2.69. The van der Waals surface area contributed by atoms with Gasteiger partial charge in [-0.05, 0) is 49.6 Å². The van der Waals surface area contributed by atoms with Gasteiger partial charge in [-0.3, -0.25) is 19.8 Å². The molecule has 6 nitrogen and oxygen atoms in total. The number of aryl methyl sites for hydroxylation is 1. The number of hydrogen-bond acceptors (Lipinski definition) is 3. The van der Waals surface area contributed by atoms with Crippen LogP contribution >= 0.6 is 0 Å². The van der Waals surface area contributed by atoms with Crippen LogP contribution < -0.4 is 15.8 Å². The fourth-order valence-corrected chi connectivity index (χ4v) is 2.95. The molecule has 0 radical (unpaired) electrons.